The van der Waals surface area contributed by atoms with Gasteiger partial charge < -0.3 is 0 Å². The fourth-order valence-electron chi connectivity index (χ4n) is 2.60. The number of hydrogen-bond donors (Lipinski definition) is 0. The molecule has 0 heterocycles. The Morgan fingerprint density at radius 3 is 2.47 bits per heavy atom. The number of aryl methyl sites for hydroxylation is 1. The van der Waals surface area contributed by atoms with Crippen LogP contribution in [0.3, 0.4) is 0 Å². The number of carbonyl (C=O) groups is 1. The Balaban J connectivity index is 1.84. The summed E-state index contributed by atoms with van der Waals surface area (Å²) >= 11 is 0. The predicted molar refractivity (Wildman–Crippen MR) is 79.5 cm³/mol. The lowest BCUT2D eigenvalue weighted by Gasteiger charge is -2.15. The largest absolute Gasteiger partial charge is 0.299 e. The number of ketones is 1. The van der Waals surface area contributed by atoms with Crippen LogP contribution in [0.25, 0.3) is 0 Å². The lowest BCUT2D eigenvalue weighted by atomic mass is 10.1. The second kappa shape index (κ2) is 6.33. The zero-order chi connectivity index (χ0) is 13.8. The summed E-state index contributed by atoms with van der Waals surface area (Å²) in [6.07, 6.45) is 3.56. The van der Waals surface area contributed by atoms with Crippen molar-refractivity contribution < 1.29 is 4.79 Å². The molecule has 1 fully saturated rings. The van der Waals surface area contributed by atoms with Gasteiger partial charge in [0.05, 0.1) is 6.54 Å². The van der Waals surface area contributed by atoms with E-state index in [1.807, 2.05) is 19.2 Å². The van der Waals surface area contributed by atoms with E-state index < -0.39 is 0 Å². The fraction of sp³-hybridized carbons (Fsp3) is 0.588. The van der Waals surface area contributed by atoms with E-state index in [-0.39, 0.29) is 5.78 Å². The molecule has 1 aromatic rings. The van der Waals surface area contributed by atoms with Gasteiger partial charge in [-0.05, 0) is 37.3 Å². The standard InChI is InChI=1S/C17H25NO/c1-4-5-14-6-8-15(9-7-14)17(19)12-18(3)11-16-10-13(16)2/h6-9,13,16H,4-5,10-12H2,1-3H3. The van der Waals surface area contributed by atoms with E-state index in [1.54, 1.807) is 0 Å². The molecule has 0 radical (unpaired) electrons. The van der Waals surface area contributed by atoms with Crippen molar-refractivity contribution in [2.24, 2.45) is 11.8 Å². The molecule has 2 heteroatoms. The van der Waals surface area contributed by atoms with E-state index in [4.69, 9.17) is 0 Å². The Labute approximate surface area is 116 Å². The maximum absolute atomic E-state index is 12.2. The summed E-state index contributed by atoms with van der Waals surface area (Å²) in [4.78, 5) is 14.3. The molecular weight excluding hydrogens is 234 g/mol. The summed E-state index contributed by atoms with van der Waals surface area (Å²) in [5, 5.41) is 0. The molecule has 0 aliphatic heterocycles. The van der Waals surface area contributed by atoms with Crippen molar-refractivity contribution in [2.45, 2.75) is 33.1 Å². The van der Waals surface area contributed by atoms with Crippen LogP contribution in [-0.2, 0) is 6.42 Å². The maximum Gasteiger partial charge on any atom is 0.176 e. The first-order chi connectivity index (χ1) is 9.10. The van der Waals surface area contributed by atoms with E-state index in [0.29, 0.717) is 6.54 Å². The van der Waals surface area contributed by atoms with Gasteiger partial charge in [-0.15, -0.1) is 0 Å². The highest BCUT2D eigenvalue weighted by molar-refractivity contribution is 5.97. The van der Waals surface area contributed by atoms with Crippen LogP contribution in [0.4, 0.5) is 0 Å². The third-order valence-corrected chi connectivity index (χ3v) is 4.05. The maximum atomic E-state index is 12.2. The van der Waals surface area contributed by atoms with Gasteiger partial charge >= 0.3 is 0 Å². The van der Waals surface area contributed by atoms with Crippen molar-refractivity contribution in [1.82, 2.24) is 4.90 Å². The van der Waals surface area contributed by atoms with Gasteiger partial charge in [0.1, 0.15) is 0 Å². The third kappa shape index (κ3) is 4.17. The quantitative estimate of drug-likeness (QED) is 0.699. The first-order valence-corrected chi connectivity index (χ1v) is 7.40. The van der Waals surface area contributed by atoms with Crippen LogP contribution < -0.4 is 0 Å². The molecule has 2 atom stereocenters. The molecule has 1 aromatic carbocycles. The lowest BCUT2D eigenvalue weighted by molar-refractivity contribution is 0.0943. The van der Waals surface area contributed by atoms with Gasteiger partial charge in [0.2, 0.25) is 0 Å². The molecule has 2 rings (SSSR count). The van der Waals surface area contributed by atoms with Crippen LogP contribution in [0.15, 0.2) is 24.3 Å². The van der Waals surface area contributed by atoms with E-state index >= 15 is 0 Å². The molecule has 0 aromatic heterocycles. The van der Waals surface area contributed by atoms with Crippen molar-refractivity contribution in [3.63, 3.8) is 0 Å². The lowest BCUT2D eigenvalue weighted by Crippen LogP contribution is -2.28. The van der Waals surface area contributed by atoms with Gasteiger partial charge in [0, 0.05) is 12.1 Å². The minimum atomic E-state index is 0.235. The third-order valence-electron chi connectivity index (χ3n) is 4.05. The summed E-state index contributed by atoms with van der Waals surface area (Å²) in [6, 6.07) is 8.11. The van der Waals surface area contributed by atoms with E-state index in [9.17, 15) is 4.79 Å². The number of Topliss-reactive ketones (excluding diaryl/α,β-unsaturated/α-hetero) is 1. The Kier molecular flexibility index (Phi) is 4.76. The summed E-state index contributed by atoms with van der Waals surface area (Å²) in [7, 11) is 2.05. The van der Waals surface area contributed by atoms with Crippen LogP contribution in [0.2, 0.25) is 0 Å². The van der Waals surface area contributed by atoms with E-state index in [1.165, 1.54) is 12.0 Å². The molecular formula is C17H25NO. The second-order valence-electron chi connectivity index (χ2n) is 6.04. The molecule has 104 valence electrons. The average molecular weight is 259 g/mol. The van der Waals surface area contributed by atoms with Gasteiger partial charge in [-0.3, -0.25) is 9.69 Å². The SMILES string of the molecule is CCCc1ccc(C(=O)CN(C)CC2CC2C)cc1. The summed E-state index contributed by atoms with van der Waals surface area (Å²) in [5.74, 6) is 1.90. The van der Waals surface area contributed by atoms with Crippen molar-refractivity contribution >= 4 is 5.78 Å². The van der Waals surface area contributed by atoms with Gasteiger partial charge in [0.15, 0.2) is 5.78 Å². The molecule has 0 N–H and O–H groups in total. The highest BCUT2D eigenvalue weighted by Crippen LogP contribution is 2.37. The van der Waals surface area contributed by atoms with Gasteiger partial charge in [0.25, 0.3) is 0 Å². The summed E-state index contributed by atoms with van der Waals surface area (Å²) in [6.45, 7) is 6.05. The van der Waals surface area contributed by atoms with Crippen molar-refractivity contribution in [3.8, 4) is 0 Å². The Morgan fingerprint density at radius 2 is 1.95 bits per heavy atom. The predicted octanol–water partition coefficient (Wildman–Crippen LogP) is 3.41. The number of nitrogens with zero attached hydrogens (tertiary/aromatic N) is 1. The number of rotatable bonds is 7. The molecule has 1 aliphatic rings. The highest BCUT2D eigenvalue weighted by atomic mass is 16.1. The average Bonchev–Trinajstić information content (AvgIpc) is 3.05. The molecule has 1 saturated carbocycles. The van der Waals surface area contributed by atoms with E-state index in [2.05, 4.69) is 30.9 Å². The molecule has 1 aliphatic carbocycles. The molecule has 0 saturated heterocycles. The van der Waals surface area contributed by atoms with Gasteiger partial charge in [-0.1, -0.05) is 44.5 Å². The minimum absolute atomic E-state index is 0.235. The Hall–Kier alpha value is -1.15. The smallest absolute Gasteiger partial charge is 0.176 e. The van der Waals surface area contributed by atoms with Crippen LogP contribution in [-0.4, -0.2) is 30.8 Å². The van der Waals surface area contributed by atoms with Crippen LogP contribution >= 0.6 is 0 Å². The van der Waals surface area contributed by atoms with Crippen LogP contribution in [0.5, 0.6) is 0 Å². The summed E-state index contributed by atoms with van der Waals surface area (Å²) < 4.78 is 0. The zero-order valence-electron chi connectivity index (χ0n) is 12.4. The van der Waals surface area contributed by atoms with Crippen LogP contribution in [0.1, 0.15) is 42.6 Å². The highest BCUT2D eigenvalue weighted by Gasteiger charge is 2.33. The first-order valence-electron chi connectivity index (χ1n) is 7.40. The molecule has 19 heavy (non-hydrogen) atoms. The van der Waals surface area contributed by atoms with Gasteiger partial charge in [-0.2, -0.15) is 0 Å². The van der Waals surface area contributed by atoms with E-state index in [0.717, 1.165) is 36.8 Å². The number of carbonyl (C=O) groups excluding carboxylic acids is 1. The molecule has 0 bridgehead atoms. The van der Waals surface area contributed by atoms with Crippen molar-refractivity contribution in [3.05, 3.63) is 35.4 Å². The zero-order valence-corrected chi connectivity index (χ0v) is 12.4. The van der Waals surface area contributed by atoms with Crippen molar-refractivity contribution in [2.75, 3.05) is 20.1 Å². The molecule has 0 amide bonds. The number of likely N-dealkylation sites (N-methyl/N-ethyl adjacent to an activating group) is 1. The molecule has 2 unspecified atom stereocenters. The Morgan fingerprint density at radius 1 is 1.32 bits per heavy atom. The molecule has 2 nitrogen and oxygen atoms in total. The Bertz CT molecular complexity index is 423. The number of hydrogen-bond acceptors (Lipinski definition) is 2. The first kappa shape index (κ1) is 14.3. The van der Waals surface area contributed by atoms with Crippen LogP contribution in [0, 0.1) is 11.8 Å². The van der Waals surface area contributed by atoms with Gasteiger partial charge in [-0.25, -0.2) is 0 Å². The normalized spacial score (nSPS) is 21.7. The number of benzene rings is 1. The van der Waals surface area contributed by atoms with Crippen molar-refractivity contribution in [1.29, 1.82) is 0 Å². The molecule has 0 spiro atoms. The minimum Gasteiger partial charge on any atom is -0.299 e. The fourth-order valence-corrected chi connectivity index (χ4v) is 2.60. The summed E-state index contributed by atoms with van der Waals surface area (Å²) in [5.41, 5.74) is 2.16. The topological polar surface area (TPSA) is 20.3 Å². The second-order valence-corrected chi connectivity index (χ2v) is 6.04. The monoisotopic (exact) mass is 259 g/mol.